The lowest BCUT2D eigenvalue weighted by Gasteiger charge is -2.34. The second-order valence-electron chi connectivity index (χ2n) is 5.82. The van der Waals surface area contributed by atoms with Crippen LogP contribution >= 0.6 is 11.3 Å². The Bertz CT molecular complexity index is 591. The van der Waals surface area contributed by atoms with Crippen molar-refractivity contribution >= 4 is 27.3 Å². The number of aryl methyl sites for hydroxylation is 1. The molecule has 1 fully saturated rings. The van der Waals surface area contributed by atoms with E-state index in [1.165, 1.54) is 4.31 Å². The van der Waals surface area contributed by atoms with E-state index >= 15 is 0 Å². The number of hydrogen-bond acceptors (Lipinski definition) is 5. The molecule has 0 aliphatic carbocycles. The fourth-order valence-electron chi connectivity index (χ4n) is 2.59. The van der Waals surface area contributed by atoms with E-state index in [0.29, 0.717) is 25.9 Å². The number of sulfonamides is 1. The molecule has 0 bridgehead atoms. The van der Waals surface area contributed by atoms with Crippen molar-refractivity contribution in [2.45, 2.75) is 38.9 Å². The molecule has 1 aliphatic rings. The van der Waals surface area contributed by atoms with Crippen LogP contribution < -0.4 is 5.32 Å². The quantitative estimate of drug-likeness (QED) is 0.794. The molecule has 1 N–H and O–H groups in total. The average Bonchev–Trinajstić information content (AvgIpc) is 2.97. The van der Waals surface area contributed by atoms with Crippen LogP contribution in [0.1, 0.15) is 25.1 Å². The van der Waals surface area contributed by atoms with Crippen molar-refractivity contribution < 1.29 is 17.9 Å². The minimum Gasteiger partial charge on any atom is -0.373 e. The highest BCUT2D eigenvalue weighted by Gasteiger charge is 2.30. The Labute approximate surface area is 141 Å². The number of amides is 1. The third kappa shape index (κ3) is 5.87. The predicted octanol–water partition coefficient (Wildman–Crippen LogP) is 1.24. The van der Waals surface area contributed by atoms with Gasteiger partial charge in [-0.2, -0.15) is 4.31 Å². The molecule has 1 saturated heterocycles. The monoisotopic (exact) mass is 360 g/mol. The lowest BCUT2D eigenvalue weighted by Crippen LogP contribution is -2.49. The van der Waals surface area contributed by atoms with Crippen LogP contribution in [-0.2, 0) is 26.0 Å². The SMILES string of the molecule is C[C@@H]1CN(S(=O)(=O)CCNC(=O)CCc2cccs2)C[C@H](C)O1. The molecular formula is C15H24N2O4S2. The van der Waals surface area contributed by atoms with Crippen LogP contribution in [0.2, 0.25) is 0 Å². The van der Waals surface area contributed by atoms with Crippen LogP contribution in [0.15, 0.2) is 17.5 Å². The van der Waals surface area contributed by atoms with Crippen molar-refractivity contribution in [1.82, 2.24) is 9.62 Å². The van der Waals surface area contributed by atoms with Gasteiger partial charge in [-0.1, -0.05) is 6.07 Å². The maximum Gasteiger partial charge on any atom is 0.220 e. The summed E-state index contributed by atoms with van der Waals surface area (Å²) in [6.07, 6.45) is 0.865. The molecule has 23 heavy (non-hydrogen) atoms. The molecule has 130 valence electrons. The lowest BCUT2D eigenvalue weighted by molar-refractivity contribution is -0.120. The average molecular weight is 361 g/mol. The number of carbonyl (C=O) groups is 1. The first-order valence-electron chi connectivity index (χ1n) is 7.79. The van der Waals surface area contributed by atoms with Crippen molar-refractivity contribution in [3.05, 3.63) is 22.4 Å². The van der Waals surface area contributed by atoms with E-state index in [0.717, 1.165) is 4.88 Å². The molecule has 0 spiro atoms. The minimum absolute atomic E-state index is 0.0722. The maximum atomic E-state index is 12.3. The lowest BCUT2D eigenvalue weighted by atomic mass is 10.2. The summed E-state index contributed by atoms with van der Waals surface area (Å²) in [6.45, 7) is 4.62. The zero-order chi connectivity index (χ0) is 16.9. The second kappa shape index (κ2) is 8.23. The summed E-state index contributed by atoms with van der Waals surface area (Å²) in [5.41, 5.74) is 0. The largest absolute Gasteiger partial charge is 0.373 e. The van der Waals surface area contributed by atoms with Crippen LogP contribution in [0.5, 0.6) is 0 Å². The highest BCUT2D eigenvalue weighted by atomic mass is 32.2. The topological polar surface area (TPSA) is 75.7 Å². The predicted molar refractivity (Wildman–Crippen MR) is 91.0 cm³/mol. The molecule has 1 amide bonds. The molecule has 0 aromatic carbocycles. The van der Waals surface area contributed by atoms with Crippen LogP contribution in [0.3, 0.4) is 0 Å². The Balaban J connectivity index is 1.72. The van der Waals surface area contributed by atoms with Gasteiger partial charge in [0.1, 0.15) is 0 Å². The number of nitrogens with one attached hydrogen (secondary N) is 1. The Morgan fingerprint density at radius 1 is 1.39 bits per heavy atom. The summed E-state index contributed by atoms with van der Waals surface area (Å²) >= 11 is 1.62. The Morgan fingerprint density at radius 2 is 2.09 bits per heavy atom. The summed E-state index contributed by atoms with van der Waals surface area (Å²) in [4.78, 5) is 12.9. The minimum atomic E-state index is -3.36. The molecule has 8 heteroatoms. The molecule has 1 aliphatic heterocycles. The van der Waals surface area contributed by atoms with E-state index in [2.05, 4.69) is 5.32 Å². The molecule has 0 unspecified atom stereocenters. The number of carbonyl (C=O) groups excluding carboxylic acids is 1. The van der Waals surface area contributed by atoms with Gasteiger partial charge in [-0.25, -0.2) is 8.42 Å². The molecule has 0 saturated carbocycles. The first kappa shape index (κ1) is 18.4. The molecule has 0 radical (unpaired) electrons. The van der Waals surface area contributed by atoms with E-state index in [4.69, 9.17) is 4.74 Å². The highest BCUT2D eigenvalue weighted by Crippen LogP contribution is 2.14. The zero-order valence-corrected chi connectivity index (χ0v) is 15.2. The molecule has 2 rings (SSSR count). The Hall–Kier alpha value is -0.960. The summed E-state index contributed by atoms with van der Waals surface area (Å²) in [5.74, 6) is -0.186. The van der Waals surface area contributed by atoms with Crippen molar-refractivity contribution in [2.75, 3.05) is 25.4 Å². The standard InChI is InChI=1S/C15H24N2O4S2/c1-12-10-17(11-13(2)21-12)23(19,20)9-7-16-15(18)6-5-14-4-3-8-22-14/h3-4,8,12-13H,5-7,9-11H2,1-2H3,(H,16,18)/t12-,13+. The van der Waals surface area contributed by atoms with Gasteiger partial charge in [-0.15, -0.1) is 11.3 Å². The molecule has 2 heterocycles. The van der Waals surface area contributed by atoms with E-state index in [1.54, 1.807) is 11.3 Å². The summed E-state index contributed by atoms with van der Waals surface area (Å²) in [5, 5.41) is 4.67. The van der Waals surface area contributed by atoms with Crippen LogP contribution in [0.4, 0.5) is 0 Å². The number of ether oxygens (including phenoxy) is 1. The third-order valence-electron chi connectivity index (χ3n) is 3.64. The molecule has 1 aromatic heterocycles. The normalized spacial score (nSPS) is 22.9. The van der Waals surface area contributed by atoms with E-state index < -0.39 is 10.0 Å². The zero-order valence-electron chi connectivity index (χ0n) is 13.5. The Morgan fingerprint density at radius 3 is 2.70 bits per heavy atom. The van der Waals surface area contributed by atoms with Crippen molar-refractivity contribution in [1.29, 1.82) is 0 Å². The summed E-state index contributed by atoms with van der Waals surface area (Å²) in [7, 11) is -3.36. The third-order valence-corrected chi connectivity index (χ3v) is 6.38. The smallest absolute Gasteiger partial charge is 0.220 e. The van der Waals surface area contributed by atoms with E-state index in [-0.39, 0.29) is 30.4 Å². The van der Waals surface area contributed by atoms with Gasteiger partial charge in [-0.05, 0) is 31.7 Å². The van der Waals surface area contributed by atoms with Gasteiger partial charge in [-0.3, -0.25) is 4.79 Å². The summed E-state index contributed by atoms with van der Waals surface area (Å²) in [6, 6.07) is 3.94. The maximum absolute atomic E-state index is 12.3. The summed E-state index contributed by atoms with van der Waals surface area (Å²) < 4.78 is 31.7. The second-order valence-corrected chi connectivity index (χ2v) is 8.94. The molecule has 2 atom stereocenters. The van der Waals surface area contributed by atoms with Gasteiger partial charge in [0.25, 0.3) is 0 Å². The highest BCUT2D eigenvalue weighted by molar-refractivity contribution is 7.89. The van der Waals surface area contributed by atoms with E-state index in [1.807, 2.05) is 31.4 Å². The number of thiophene rings is 1. The van der Waals surface area contributed by atoms with Gasteiger partial charge in [0.05, 0.1) is 18.0 Å². The number of nitrogens with zero attached hydrogens (tertiary/aromatic N) is 1. The van der Waals surface area contributed by atoms with Crippen LogP contribution in [0, 0.1) is 0 Å². The number of rotatable bonds is 7. The molecular weight excluding hydrogens is 336 g/mol. The number of hydrogen-bond donors (Lipinski definition) is 1. The van der Waals surface area contributed by atoms with Gasteiger partial charge < -0.3 is 10.1 Å². The van der Waals surface area contributed by atoms with Crippen LogP contribution in [0.25, 0.3) is 0 Å². The van der Waals surface area contributed by atoms with Gasteiger partial charge in [0.15, 0.2) is 0 Å². The first-order valence-corrected chi connectivity index (χ1v) is 10.3. The van der Waals surface area contributed by atoms with Gasteiger partial charge >= 0.3 is 0 Å². The van der Waals surface area contributed by atoms with Gasteiger partial charge in [0.2, 0.25) is 15.9 Å². The number of morpholine rings is 1. The molecule has 1 aromatic rings. The fraction of sp³-hybridized carbons (Fsp3) is 0.667. The van der Waals surface area contributed by atoms with E-state index in [9.17, 15) is 13.2 Å². The first-order chi connectivity index (χ1) is 10.9. The van der Waals surface area contributed by atoms with Crippen molar-refractivity contribution in [3.63, 3.8) is 0 Å². The molecule has 6 nitrogen and oxygen atoms in total. The van der Waals surface area contributed by atoms with Crippen molar-refractivity contribution in [3.8, 4) is 0 Å². The fourth-order valence-corrected chi connectivity index (χ4v) is 4.79. The van der Waals surface area contributed by atoms with Gasteiger partial charge in [0, 0.05) is 30.9 Å². The van der Waals surface area contributed by atoms with Crippen LogP contribution in [-0.4, -0.2) is 56.2 Å². The Kier molecular flexibility index (Phi) is 6.58. The van der Waals surface area contributed by atoms with Crippen molar-refractivity contribution in [2.24, 2.45) is 0 Å².